The molecule has 0 saturated heterocycles. The molecule has 0 fully saturated rings. The molecule has 4 N–H and O–H groups in total. The molecule has 0 amide bonds. The predicted molar refractivity (Wildman–Crippen MR) is 69.6 cm³/mol. The van der Waals surface area contributed by atoms with E-state index in [2.05, 4.69) is 5.32 Å². The average molecular weight is 259 g/mol. The van der Waals surface area contributed by atoms with Gasteiger partial charge < -0.3 is 20.9 Å². The Morgan fingerprint density at radius 3 is 2.65 bits per heavy atom. The van der Waals surface area contributed by atoms with Crippen LogP contribution in [0.4, 0.5) is 0 Å². The molecule has 1 aromatic rings. The van der Waals surface area contributed by atoms with Gasteiger partial charge in [0.2, 0.25) is 0 Å². The maximum absolute atomic E-state index is 9.14. The van der Waals surface area contributed by atoms with Crippen molar-refractivity contribution < 1.29 is 9.84 Å². The van der Waals surface area contributed by atoms with E-state index in [0.717, 1.165) is 11.1 Å². The number of aliphatic hydroxyl groups is 1. The molecular weight excluding hydrogens is 240 g/mol. The summed E-state index contributed by atoms with van der Waals surface area (Å²) in [7, 11) is 3.38. The van der Waals surface area contributed by atoms with Crippen LogP contribution in [0.25, 0.3) is 0 Å². The summed E-state index contributed by atoms with van der Waals surface area (Å²) in [5.74, 6) is 0.639. The fraction of sp³-hybridized carbons (Fsp3) is 0.500. The Morgan fingerprint density at radius 2 is 2.18 bits per heavy atom. The first-order chi connectivity index (χ1) is 8.04. The van der Waals surface area contributed by atoms with E-state index >= 15 is 0 Å². The Kier molecular flexibility index (Phi) is 5.21. The van der Waals surface area contributed by atoms with Crippen molar-refractivity contribution in [3.05, 3.63) is 28.3 Å². The number of ether oxygens (including phenoxy) is 1. The molecular formula is C12H19ClN2O2. The van der Waals surface area contributed by atoms with Crippen molar-refractivity contribution in [3.63, 3.8) is 0 Å². The molecule has 1 aromatic carbocycles. The van der Waals surface area contributed by atoms with E-state index in [0.29, 0.717) is 10.8 Å². The van der Waals surface area contributed by atoms with Crippen molar-refractivity contribution in [3.8, 4) is 5.75 Å². The lowest BCUT2D eigenvalue weighted by molar-refractivity contribution is 0.240. The number of hydrogen-bond acceptors (Lipinski definition) is 4. The van der Waals surface area contributed by atoms with Gasteiger partial charge in [-0.1, -0.05) is 11.6 Å². The molecule has 0 radical (unpaired) electrons. The normalized spacial score (nSPS) is 14.5. The number of halogens is 1. The smallest absolute Gasteiger partial charge is 0.137 e. The minimum atomic E-state index is -0.372. The van der Waals surface area contributed by atoms with Gasteiger partial charge in [0.1, 0.15) is 5.75 Å². The Morgan fingerprint density at radius 1 is 1.53 bits per heavy atom. The van der Waals surface area contributed by atoms with Crippen molar-refractivity contribution in [1.29, 1.82) is 0 Å². The van der Waals surface area contributed by atoms with Gasteiger partial charge in [-0.25, -0.2) is 0 Å². The van der Waals surface area contributed by atoms with E-state index < -0.39 is 0 Å². The van der Waals surface area contributed by atoms with E-state index in [1.807, 2.05) is 19.1 Å². The van der Waals surface area contributed by atoms with Crippen LogP contribution in [-0.4, -0.2) is 31.9 Å². The van der Waals surface area contributed by atoms with E-state index in [9.17, 15) is 0 Å². The zero-order valence-electron chi connectivity index (χ0n) is 10.3. The molecule has 0 saturated carbocycles. The topological polar surface area (TPSA) is 67.5 Å². The highest BCUT2D eigenvalue weighted by Crippen LogP contribution is 2.31. The van der Waals surface area contributed by atoms with Gasteiger partial charge in [-0.05, 0) is 37.2 Å². The summed E-state index contributed by atoms with van der Waals surface area (Å²) in [4.78, 5) is 0. The molecule has 96 valence electrons. The number of aryl methyl sites for hydroxylation is 1. The largest absolute Gasteiger partial charge is 0.495 e. The first-order valence-electron chi connectivity index (χ1n) is 5.42. The molecule has 5 heteroatoms. The fourth-order valence-electron chi connectivity index (χ4n) is 1.87. The van der Waals surface area contributed by atoms with Crippen molar-refractivity contribution in [2.24, 2.45) is 5.73 Å². The molecule has 0 bridgehead atoms. The Labute approximate surface area is 107 Å². The molecule has 0 heterocycles. The second-order valence-corrected chi connectivity index (χ2v) is 4.36. The number of hydrogen-bond donors (Lipinski definition) is 3. The fourth-order valence-corrected chi connectivity index (χ4v) is 2.12. The van der Waals surface area contributed by atoms with Gasteiger partial charge in [0.05, 0.1) is 18.7 Å². The number of nitrogens with two attached hydrogens (primary N) is 1. The van der Waals surface area contributed by atoms with Gasteiger partial charge in [0.15, 0.2) is 0 Å². The molecule has 17 heavy (non-hydrogen) atoms. The molecule has 2 unspecified atom stereocenters. The number of rotatable bonds is 5. The highest BCUT2D eigenvalue weighted by atomic mass is 35.5. The standard InChI is InChI=1S/C12H19ClN2O2/c1-7-4-11(17-3)9(13)5-8(7)12(15-2)10(14)6-16/h4-5,10,12,15-16H,6,14H2,1-3H3. The van der Waals surface area contributed by atoms with Crippen LogP contribution in [-0.2, 0) is 0 Å². The van der Waals surface area contributed by atoms with Crippen LogP contribution in [0.5, 0.6) is 5.75 Å². The van der Waals surface area contributed by atoms with Crippen molar-refractivity contribution >= 4 is 11.6 Å². The second-order valence-electron chi connectivity index (χ2n) is 3.96. The third kappa shape index (κ3) is 3.10. The lowest BCUT2D eigenvalue weighted by Gasteiger charge is -2.24. The molecule has 0 spiro atoms. The molecule has 2 atom stereocenters. The third-order valence-electron chi connectivity index (χ3n) is 2.83. The van der Waals surface area contributed by atoms with Crippen LogP contribution in [0.15, 0.2) is 12.1 Å². The van der Waals surface area contributed by atoms with Crippen LogP contribution < -0.4 is 15.8 Å². The number of likely N-dealkylation sites (N-methyl/N-ethyl adjacent to an activating group) is 1. The number of benzene rings is 1. The minimum Gasteiger partial charge on any atom is -0.495 e. The van der Waals surface area contributed by atoms with Gasteiger partial charge in [0, 0.05) is 12.1 Å². The molecule has 0 aliphatic heterocycles. The van der Waals surface area contributed by atoms with Crippen LogP contribution in [0, 0.1) is 6.92 Å². The SMILES string of the molecule is CNC(c1cc(Cl)c(OC)cc1C)C(N)CO. The van der Waals surface area contributed by atoms with Gasteiger partial charge in [-0.3, -0.25) is 0 Å². The van der Waals surface area contributed by atoms with Crippen molar-refractivity contribution in [2.45, 2.75) is 19.0 Å². The monoisotopic (exact) mass is 258 g/mol. The van der Waals surface area contributed by atoms with E-state index in [1.165, 1.54) is 0 Å². The van der Waals surface area contributed by atoms with Gasteiger partial charge >= 0.3 is 0 Å². The van der Waals surface area contributed by atoms with E-state index in [1.54, 1.807) is 14.2 Å². The van der Waals surface area contributed by atoms with E-state index in [-0.39, 0.29) is 18.7 Å². The Bertz CT molecular complexity index is 385. The lowest BCUT2D eigenvalue weighted by Crippen LogP contribution is -2.39. The summed E-state index contributed by atoms with van der Waals surface area (Å²) in [5, 5.41) is 12.8. The Hall–Kier alpha value is -0.810. The summed E-state index contributed by atoms with van der Waals surface area (Å²) in [6, 6.07) is 3.19. The van der Waals surface area contributed by atoms with E-state index in [4.69, 9.17) is 27.2 Å². The average Bonchev–Trinajstić information content (AvgIpc) is 2.33. The maximum atomic E-state index is 9.14. The maximum Gasteiger partial charge on any atom is 0.137 e. The summed E-state index contributed by atoms with van der Waals surface area (Å²) in [5.41, 5.74) is 7.86. The zero-order chi connectivity index (χ0) is 13.0. The quantitative estimate of drug-likeness (QED) is 0.743. The molecule has 0 aliphatic rings. The summed E-state index contributed by atoms with van der Waals surface area (Å²) >= 11 is 6.09. The molecule has 1 rings (SSSR count). The lowest BCUT2D eigenvalue weighted by atomic mass is 9.96. The van der Waals surface area contributed by atoms with Gasteiger partial charge in [0.25, 0.3) is 0 Å². The van der Waals surface area contributed by atoms with Crippen LogP contribution >= 0.6 is 11.6 Å². The number of methoxy groups -OCH3 is 1. The van der Waals surface area contributed by atoms with Crippen LogP contribution in [0.3, 0.4) is 0 Å². The molecule has 0 aromatic heterocycles. The van der Waals surface area contributed by atoms with Crippen LogP contribution in [0.1, 0.15) is 17.2 Å². The highest BCUT2D eigenvalue weighted by molar-refractivity contribution is 6.32. The minimum absolute atomic E-state index is 0.0887. The van der Waals surface area contributed by atoms with Crippen molar-refractivity contribution in [2.75, 3.05) is 20.8 Å². The predicted octanol–water partition coefficient (Wildman–Crippen LogP) is 1.24. The molecule has 0 aliphatic carbocycles. The van der Waals surface area contributed by atoms with Gasteiger partial charge in [-0.15, -0.1) is 0 Å². The number of nitrogens with one attached hydrogen (secondary N) is 1. The summed E-state index contributed by atoms with van der Waals surface area (Å²) in [6.07, 6.45) is 0. The highest BCUT2D eigenvalue weighted by Gasteiger charge is 2.20. The zero-order valence-corrected chi connectivity index (χ0v) is 11.1. The first-order valence-corrected chi connectivity index (χ1v) is 5.80. The summed E-state index contributed by atoms with van der Waals surface area (Å²) in [6.45, 7) is 1.87. The molecule has 4 nitrogen and oxygen atoms in total. The van der Waals surface area contributed by atoms with Gasteiger partial charge in [-0.2, -0.15) is 0 Å². The summed E-state index contributed by atoms with van der Waals surface area (Å²) < 4.78 is 5.15. The second kappa shape index (κ2) is 6.21. The van der Waals surface area contributed by atoms with Crippen LogP contribution in [0.2, 0.25) is 5.02 Å². The number of aliphatic hydroxyl groups excluding tert-OH is 1. The third-order valence-corrected chi connectivity index (χ3v) is 3.12. The first kappa shape index (κ1) is 14.3. The Balaban J connectivity index is 3.16. The van der Waals surface area contributed by atoms with Crippen molar-refractivity contribution in [1.82, 2.24) is 5.32 Å².